The number of rotatable bonds is 6. The molecule has 0 spiro atoms. The fourth-order valence-corrected chi connectivity index (χ4v) is 2.67. The Balaban J connectivity index is 2.25. The third-order valence-electron chi connectivity index (χ3n) is 3.28. The van der Waals surface area contributed by atoms with E-state index in [-0.39, 0.29) is 24.5 Å². The zero-order chi connectivity index (χ0) is 11.8. The van der Waals surface area contributed by atoms with Gasteiger partial charge < -0.3 is 10.4 Å². The Morgan fingerprint density at radius 3 is 2.75 bits per heavy atom. The van der Waals surface area contributed by atoms with Crippen LogP contribution in [0.15, 0.2) is 0 Å². The van der Waals surface area contributed by atoms with Crippen molar-refractivity contribution < 1.29 is 9.90 Å². The summed E-state index contributed by atoms with van der Waals surface area (Å²) >= 11 is 3.35. The molecule has 0 aromatic heterocycles. The molecule has 0 aromatic rings. The molecule has 1 saturated carbocycles. The van der Waals surface area contributed by atoms with E-state index >= 15 is 0 Å². The summed E-state index contributed by atoms with van der Waals surface area (Å²) in [6, 6.07) is 0.204. The molecule has 2 N–H and O–H groups in total. The van der Waals surface area contributed by atoms with Crippen LogP contribution in [0.3, 0.4) is 0 Å². The maximum absolute atomic E-state index is 11.6. The normalized spacial score (nSPS) is 25.4. The maximum Gasteiger partial charge on any atom is 0.220 e. The van der Waals surface area contributed by atoms with Crippen LogP contribution in [0.25, 0.3) is 0 Å². The fraction of sp³-hybridized carbons (Fsp3) is 0.917. The highest BCUT2D eigenvalue weighted by molar-refractivity contribution is 9.09. The third kappa shape index (κ3) is 4.83. The maximum atomic E-state index is 11.6. The Bertz CT molecular complexity index is 211. The molecule has 3 nitrogen and oxygen atoms in total. The number of halogens is 1. The molecule has 1 rings (SSSR count). The van der Waals surface area contributed by atoms with Crippen LogP contribution in [0.5, 0.6) is 0 Å². The second kappa shape index (κ2) is 8.07. The minimum absolute atomic E-state index is 0.145. The number of amides is 1. The van der Waals surface area contributed by atoms with Gasteiger partial charge >= 0.3 is 0 Å². The number of hydrogen-bond acceptors (Lipinski definition) is 2. The summed E-state index contributed by atoms with van der Waals surface area (Å²) < 4.78 is 0. The minimum Gasteiger partial charge on any atom is -0.396 e. The van der Waals surface area contributed by atoms with Gasteiger partial charge in [0.2, 0.25) is 5.91 Å². The van der Waals surface area contributed by atoms with Gasteiger partial charge in [-0.05, 0) is 25.7 Å². The Morgan fingerprint density at radius 2 is 2.06 bits per heavy atom. The summed E-state index contributed by atoms with van der Waals surface area (Å²) in [5.74, 6) is 0.417. The lowest BCUT2D eigenvalue weighted by molar-refractivity contribution is -0.122. The Kier molecular flexibility index (Phi) is 7.05. The van der Waals surface area contributed by atoms with Gasteiger partial charge in [0.1, 0.15) is 0 Å². The van der Waals surface area contributed by atoms with Crippen LogP contribution in [-0.4, -0.2) is 29.0 Å². The van der Waals surface area contributed by atoms with Crippen LogP contribution in [0.2, 0.25) is 0 Å². The van der Waals surface area contributed by atoms with Crippen molar-refractivity contribution >= 4 is 21.8 Å². The molecule has 1 fully saturated rings. The number of unbranched alkanes of at least 4 members (excludes halogenated alkanes) is 1. The summed E-state index contributed by atoms with van der Waals surface area (Å²) in [4.78, 5) is 11.6. The van der Waals surface area contributed by atoms with Crippen molar-refractivity contribution in [3.8, 4) is 0 Å². The van der Waals surface area contributed by atoms with E-state index in [0.717, 1.165) is 31.0 Å². The van der Waals surface area contributed by atoms with Crippen molar-refractivity contribution in [1.29, 1.82) is 0 Å². The first-order valence-electron chi connectivity index (χ1n) is 6.24. The van der Waals surface area contributed by atoms with E-state index in [1.165, 1.54) is 12.8 Å². The molecule has 0 heterocycles. The number of aliphatic hydroxyl groups is 1. The first kappa shape index (κ1) is 14.0. The van der Waals surface area contributed by atoms with Crippen molar-refractivity contribution in [3.05, 3.63) is 0 Å². The molecule has 0 aromatic carbocycles. The average Bonchev–Trinajstić information content (AvgIpc) is 2.30. The Hall–Kier alpha value is -0.0900. The first-order valence-corrected chi connectivity index (χ1v) is 7.36. The van der Waals surface area contributed by atoms with Gasteiger partial charge in [-0.1, -0.05) is 28.8 Å². The fourth-order valence-electron chi connectivity index (χ4n) is 2.28. The molecule has 1 aliphatic rings. The standard InChI is InChI=1S/C12H22BrNO2/c13-8-4-3-7-12(16)14-11-6-2-1-5-10(11)9-15/h10-11,15H,1-9H2,(H,14,16). The van der Waals surface area contributed by atoms with Gasteiger partial charge in [-0.15, -0.1) is 0 Å². The monoisotopic (exact) mass is 291 g/mol. The Labute approximate surface area is 106 Å². The third-order valence-corrected chi connectivity index (χ3v) is 3.84. The van der Waals surface area contributed by atoms with E-state index in [0.29, 0.717) is 6.42 Å². The topological polar surface area (TPSA) is 49.3 Å². The van der Waals surface area contributed by atoms with Gasteiger partial charge in [-0.2, -0.15) is 0 Å². The molecule has 0 bridgehead atoms. The molecule has 0 saturated heterocycles. The van der Waals surface area contributed by atoms with Gasteiger partial charge in [-0.25, -0.2) is 0 Å². The number of nitrogens with one attached hydrogen (secondary N) is 1. The molecule has 94 valence electrons. The highest BCUT2D eigenvalue weighted by Gasteiger charge is 2.25. The molecule has 0 aliphatic heterocycles. The molecule has 2 atom stereocenters. The molecular formula is C12H22BrNO2. The van der Waals surface area contributed by atoms with Gasteiger partial charge in [0.25, 0.3) is 0 Å². The van der Waals surface area contributed by atoms with E-state index < -0.39 is 0 Å². The minimum atomic E-state index is 0.145. The lowest BCUT2D eigenvalue weighted by Gasteiger charge is -2.30. The molecule has 16 heavy (non-hydrogen) atoms. The van der Waals surface area contributed by atoms with Crippen LogP contribution < -0.4 is 5.32 Å². The van der Waals surface area contributed by atoms with Crippen molar-refractivity contribution in [3.63, 3.8) is 0 Å². The Morgan fingerprint density at radius 1 is 1.31 bits per heavy atom. The molecular weight excluding hydrogens is 270 g/mol. The van der Waals surface area contributed by atoms with Crippen LogP contribution in [-0.2, 0) is 4.79 Å². The summed E-state index contributed by atoms with van der Waals surface area (Å²) in [6.45, 7) is 0.201. The average molecular weight is 292 g/mol. The number of carbonyl (C=O) groups is 1. The number of hydrogen-bond donors (Lipinski definition) is 2. The van der Waals surface area contributed by atoms with Crippen molar-refractivity contribution in [2.24, 2.45) is 5.92 Å². The zero-order valence-electron chi connectivity index (χ0n) is 9.75. The lowest BCUT2D eigenvalue weighted by Crippen LogP contribution is -2.43. The van der Waals surface area contributed by atoms with Crippen molar-refractivity contribution in [1.82, 2.24) is 5.32 Å². The number of aliphatic hydroxyl groups excluding tert-OH is 1. The SMILES string of the molecule is O=C(CCCCBr)NC1CCCCC1CO. The zero-order valence-corrected chi connectivity index (χ0v) is 11.3. The van der Waals surface area contributed by atoms with Crippen LogP contribution in [0.1, 0.15) is 44.9 Å². The van der Waals surface area contributed by atoms with Gasteiger partial charge in [-0.3, -0.25) is 4.79 Å². The van der Waals surface area contributed by atoms with Crippen molar-refractivity contribution in [2.45, 2.75) is 51.0 Å². The van der Waals surface area contributed by atoms with Crippen LogP contribution >= 0.6 is 15.9 Å². The van der Waals surface area contributed by atoms with E-state index in [4.69, 9.17) is 0 Å². The van der Waals surface area contributed by atoms with Crippen molar-refractivity contribution in [2.75, 3.05) is 11.9 Å². The van der Waals surface area contributed by atoms with Gasteiger partial charge in [0.05, 0.1) is 0 Å². The highest BCUT2D eigenvalue weighted by Crippen LogP contribution is 2.24. The quantitative estimate of drug-likeness (QED) is 0.582. The number of alkyl halides is 1. The first-order chi connectivity index (χ1) is 7.77. The molecule has 1 aliphatic carbocycles. The second-order valence-corrected chi connectivity index (χ2v) is 5.34. The predicted molar refractivity (Wildman–Crippen MR) is 68.6 cm³/mol. The lowest BCUT2D eigenvalue weighted by atomic mass is 9.85. The smallest absolute Gasteiger partial charge is 0.220 e. The van der Waals surface area contributed by atoms with E-state index in [1.807, 2.05) is 0 Å². The summed E-state index contributed by atoms with van der Waals surface area (Å²) in [5.41, 5.74) is 0. The predicted octanol–water partition coefficient (Wildman–Crippen LogP) is 2.22. The molecule has 1 amide bonds. The van der Waals surface area contributed by atoms with E-state index in [2.05, 4.69) is 21.2 Å². The molecule has 4 heteroatoms. The van der Waals surface area contributed by atoms with Gasteiger partial charge in [0, 0.05) is 30.3 Å². The summed E-state index contributed by atoms with van der Waals surface area (Å²) in [7, 11) is 0. The summed E-state index contributed by atoms with van der Waals surface area (Å²) in [6.07, 6.45) is 7.01. The van der Waals surface area contributed by atoms with E-state index in [1.54, 1.807) is 0 Å². The van der Waals surface area contributed by atoms with Crippen LogP contribution in [0.4, 0.5) is 0 Å². The number of carbonyl (C=O) groups excluding carboxylic acids is 1. The van der Waals surface area contributed by atoms with E-state index in [9.17, 15) is 9.90 Å². The van der Waals surface area contributed by atoms with Gasteiger partial charge in [0.15, 0.2) is 0 Å². The second-order valence-electron chi connectivity index (χ2n) is 4.55. The highest BCUT2D eigenvalue weighted by atomic mass is 79.9. The largest absolute Gasteiger partial charge is 0.396 e. The molecule has 2 unspecified atom stereocenters. The van der Waals surface area contributed by atoms with Crippen LogP contribution in [0, 0.1) is 5.92 Å². The summed E-state index contributed by atoms with van der Waals surface area (Å²) in [5, 5.41) is 13.3. The molecule has 0 radical (unpaired) electrons.